The second-order valence-electron chi connectivity index (χ2n) is 6.75. The SMILES string of the molecule is COC(=O)c1ccc(OCC2CC(=O)N(c3cc(C)cc(C)c3)C2)cc1. The van der Waals surface area contributed by atoms with E-state index in [1.54, 1.807) is 24.3 Å². The van der Waals surface area contributed by atoms with Crippen LogP contribution in [0.2, 0.25) is 0 Å². The number of anilines is 1. The molecular weight excluding hydrogens is 330 g/mol. The standard InChI is InChI=1S/C21H23NO4/c1-14-8-15(2)10-18(9-14)22-12-16(11-20(22)23)13-26-19-6-4-17(5-7-19)21(24)25-3/h4-10,16H,11-13H2,1-3H3. The fraction of sp³-hybridized carbons (Fsp3) is 0.333. The number of ether oxygens (including phenoxy) is 2. The van der Waals surface area contributed by atoms with E-state index in [1.807, 2.05) is 30.9 Å². The molecule has 1 aliphatic heterocycles. The third-order valence-electron chi connectivity index (χ3n) is 4.48. The molecule has 1 saturated heterocycles. The van der Waals surface area contributed by atoms with Crippen molar-refractivity contribution in [3.63, 3.8) is 0 Å². The molecular formula is C21H23NO4. The first-order valence-corrected chi connectivity index (χ1v) is 8.66. The summed E-state index contributed by atoms with van der Waals surface area (Å²) in [5.41, 5.74) is 3.74. The number of carbonyl (C=O) groups excluding carboxylic acids is 2. The molecule has 3 rings (SSSR count). The Morgan fingerprint density at radius 1 is 1.12 bits per heavy atom. The van der Waals surface area contributed by atoms with Crippen molar-refractivity contribution in [2.75, 3.05) is 25.2 Å². The molecule has 5 heteroatoms. The van der Waals surface area contributed by atoms with Crippen molar-refractivity contribution >= 4 is 17.6 Å². The summed E-state index contributed by atoms with van der Waals surface area (Å²) < 4.78 is 10.5. The molecule has 0 aromatic heterocycles. The highest BCUT2D eigenvalue weighted by Crippen LogP contribution is 2.27. The summed E-state index contributed by atoms with van der Waals surface area (Å²) in [5, 5.41) is 0. The van der Waals surface area contributed by atoms with Crippen molar-refractivity contribution in [1.82, 2.24) is 0 Å². The third-order valence-corrected chi connectivity index (χ3v) is 4.48. The zero-order chi connectivity index (χ0) is 18.7. The van der Waals surface area contributed by atoms with Crippen LogP contribution in [0, 0.1) is 19.8 Å². The molecule has 1 atom stereocenters. The molecule has 2 aromatic rings. The number of hydrogen-bond acceptors (Lipinski definition) is 4. The minimum Gasteiger partial charge on any atom is -0.493 e. The molecule has 1 aliphatic rings. The van der Waals surface area contributed by atoms with Crippen LogP contribution in [-0.4, -0.2) is 32.1 Å². The van der Waals surface area contributed by atoms with Gasteiger partial charge < -0.3 is 14.4 Å². The molecule has 1 heterocycles. The molecule has 2 aromatic carbocycles. The number of carbonyl (C=O) groups is 2. The van der Waals surface area contributed by atoms with Gasteiger partial charge in [0.1, 0.15) is 5.75 Å². The van der Waals surface area contributed by atoms with Gasteiger partial charge in [0.15, 0.2) is 0 Å². The van der Waals surface area contributed by atoms with E-state index in [0.29, 0.717) is 30.9 Å². The Balaban J connectivity index is 1.60. The topological polar surface area (TPSA) is 55.8 Å². The van der Waals surface area contributed by atoms with E-state index in [-0.39, 0.29) is 17.8 Å². The third kappa shape index (κ3) is 4.04. The maximum absolute atomic E-state index is 12.4. The predicted molar refractivity (Wildman–Crippen MR) is 99.7 cm³/mol. The highest BCUT2D eigenvalue weighted by atomic mass is 16.5. The van der Waals surface area contributed by atoms with Gasteiger partial charge in [-0.3, -0.25) is 4.79 Å². The molecule has 0 spiro atoms. The van der Waals surface area contributed by atoms with Gasteiger partial charge in [-0.1, -0.05) is 6.07 Å². The van der Waals surface area contributed by atoms with Gasteiger partial charge in [0.25, 0.3) is 0 Å². The van der Waals surface area contributed by atoms with Gasteiger partial charge in [-0.2, -0.15) is 0 Å². The summed E-state index contributed by atoms with van der Waals surface area (Å²) in [6.07, 6.45) is 0.479. The van der Waals surface area contributed by atoms with Gasteiger partial charge in [-0.25, -0.2) is 4.79 Å². The zero-order valence-corrected chi connectivity index (χ0v) is 15.3. The zero-order valence-electron chi connectivity index (χ0n) is 15.3. The van der Waals surface area contributed by atoms with Gasteiger partial charge in [0.2, 0.25) is 5.91 Å². The van der Waals surface area contributed by atoms with E-state index >= 15 is 0 Å². The first kappa shape index (κ1) is 18.0. The van der Waals surface area contributed by atoms with Crippen molar-refractivity contribution in [2.45, 2.75) is 20.3 Å². The summed E-state index contributed by atoms with van der Waals surface area (Å²) in [7, 11) is 1.35. The minimum atomic E-state index is -0.373. The quantitative estimate of drug-likeness (QED) is 0.772. The fourth-order valence-corrected chi connectivity index (χ4v) is 3.27. The van der Waals surface area contributed by atoms with Crippen LogP contribution in [0.5, 0.6) is 5.75 Å². The number of hydrogen-bond donors (Lipinski definition) is 0. The van der Waals surface area contributed by atoms with Crippen molar-refractivity contribution in [3.05, 3.63) is 59.2 Å². The molecule has 0 saturated carbocycles. The lowest BCUT2D eigenvalue weighted by Gasteiger charge is -2.18. The average Bonchev–Trinajstić information content (AvgIpc) is 3.00. The summed E-state index contributed by atoms with van der Waals surface area (Å²) >= 11 is 0. The average molecular weight is 353 g/mol. The Morgan fingerprint density at radius 3 is 2.38 bits per heavy atom. The van der Waals surface area contributed by atoms with Crippen LogP contribution in [0.3, 0.4) is 0 Å². The first-order valence-electron chi connectivity index (χ1n) is 8.66. The van der Waals surface area contributed by atoms with Crippen LogP contribution in [0.15, 0.2) is 42.5 Å². The lowest BCUT2D eigenvalue weighted by molar-refractivity contribution is -0.117. The van der Waals surface area contributed by atoms with Crippen LogP contribution >= 0.6 is 0 Å². The monoisotopic (exact) mass is 353 g/mol. The second-order valence-corrected chi connectivity index (χ2v) is 6.75. The van der Waals surface area contributed by atoms with Gasteiger partial charge in [0, 0.05) is 24.6 Å². The molecule has 0 N–H and O–H groups in total. The van der Waals surface area contributed by atoms with Gasteiger partial charge >= 0.3 is 5.97 Å². The largest absolute Gasteiger partial charge is 0.493 e. The Morgan fingerprint density at radius 2 is 1.77 bits per heavy atom. The van der Waals surface area contributed by atoms with Crippen molar-refractivity contribution in [3.8, 4) is 5.75 Å². The Labute approximate surface area is 153 Å². The Bertz CT molecular complexity index is 793. The molecule has 0 aliphatic carbocycles. The van der Waals surface area contributed by atoms with E-state index in [1.165, 1.54) is 7.11 Å². The number of nitrogens with zero attached hydrogens (tertiary/aromatic N) is 1. The van der Waals surface area contributed by atoms with Crippen LogP contribution in [0.1, 0.15) is 27.9 Å². The van der Waals surface area contributed by atoms with Crippen LogP contribution in [0.4, 0.5) is 5.69 Å². The minimum absolute atomic E-state index is 0.129. The van der Waals surface area contributed by atoms with Crippen LogP contribution in [0.25, 0.3) is 0 Å². The summed E-state index contributed by atoms with van der Waals surface area (Å²) in [6, 6.07) is 13.0. The van der Waals surface area contributed by atoms with Crippen molar-refractivity contribution in [2.24, 2.45) is 5.92 Å². The molecule has 136 valence electrons. The number of amides is 1. The molecule has 0 radical (unpaired) electrons. The van der Waals surface area contributed by atoms with E-state index in [9.17, 15) is 9.59 Å². The number of rotatable bonds is 5. The van der Waals surface area contributed by atoms with Gasteiger partial charge in [-0.15, -0.1) is 0 Å². The number of esters is 1. The highest BCUT2D eigenvalue weighted by Gasteiger charge is 2.31. The first-order chi connectivity index (χ1) is 12.5. The molecule has 1 unspecified atom stereocenters. The highest BCUT2D eigenvalue weighted by molar-refractivity contribution is 5.96. The van der Waals surface area contributed by atoms with Crippen molar-refractivity contribution in [1.29, 1.82) is 0 Å². The molecule has 26 heavy (non-hydrogen) atoms. The van der Waals surface area contributed by atoms with Gasteiger partial charge in [0.05, 0.1) is 19.3 Å². The number of methoxy groups -OCH3 is 1. The van der Waals surface area contributed by atoms with E-state index in [0.717, 1.165) is 16.8 Å². The summed E-state index contributed by atoms with van der Waals surface area (Å²) in [5.74, 6) is 0.574. The van der Waals surface area contributed by atoms with Gasteiger partial charge in [-0.05, 0) is 61.4 Å². The molecule has 0 bridgehead atoms. The van der Waals surface area contributed by atoms with E-state index in [2.05, 4.69) is 10.8 Å². The number of aryl methyl sites for hydroxylation is 2. The molecule has 1 fully saturated rings. The lowest BCUT2D eigenvalue weighted by atomic mass is 10.1. The summed E-state index contributed by atoms with van der Waals surface area (Å²) in [6.45, 7) is 5.19. The lowest BCUT2D eigenvalue weighted by Crippen LogP contribution is -2.25. The fourth-order valence-electron chi connectivity index (χ4n) is 3.27. The maximum atomic E-state index is 12.4. The second kappa shape index (κ2) is 7.60. The predicted octanol–water partition coefficient (Wildman–Crippen LogP) is 3.52. The Kier molecular flexibility index (Phi) is 5.26. The Hall–Kier alpha value is -2.82. The van der Waals surface area contributed by atoms with E-state index < -0.39 is 0 Å². The van der Waals surface area contributed by atoms with Crippen LogP contribution < -0.4 is 9.64 Å². The van der Waals surface area contributed by atoms with Crippen molar-refractivity contribution < 1.29 is 19.1 Å². The van der Waals surface area contributed by atoms with E-state index in [4.69, 9.17) is 4.74 Å². The summed E-state index contributed by atoms with van der Waals surface area (Å²) in [4.78, 5) is 25.7. The number of benzene rings is 2. The van der Waals surface area contributed by atoms with Crippen LogP contribution in [-0.2, 0) is 9.53 Å². The maximum Gasteiger partial charge on any atom is 0.337 e. The smallest absolute Gasteiger partial charge is 0.337 e. The molecule has 1 amide bonds. The normalized spacial score (nSPS) is 16.7. The molecule has 5 nitrogen and oxygen atoms in total.